The lowest BCUT2D eigenvalue weighted by Gasteiger charge is -2.39. The molecule has 0 spiro atoms. The first-order valence-corrected chi connectivity index (χ1v) is 14.1. The molecule has 1 aromatic rings. The molecule has 1 aliphatic rings. The zero-order valence-electron chi connectivity index (χ0n) is 21.7. The van der Waals surface area contributed by atoms with E-state index in [1.165, 1.54) is 11.8 Å². The van der Waals surface area contributed by atoms with E-state index < -0.39 is 44.3 Å². The monoisotopic (exact) mass is 526 g/mol. The van der Waals surface area contributed by atoms with Gasteiger partial charge in [-0.05, 0) is 65.7 Å². The third kappa shape index (κ3) is 8.24. The van der Waals surface area contributed by atoms with Crippen molar-refractivity contribution in [1.29, 1.82) is 0 Å². The molecule has 1 heterocycles. The highest BCUT2D eigenvalue weighted by molar-refractivity contribution is 8.14. The fourth-order valence-electron chi connectivity index (χ4n) is 3.63. The number of hydrazine groups is 1. The number of benzene rings is 1. The summed E-state index contributed by atoms with van der Waals surface area (Å²) in [6.45, 7) is 12.0. The molecule has 2 rings (SSSR count). The molecule has 8 nitrogen and oxygen atoms in total. The third-order valence-corrected chi connectivity index (χ3v) is 9.35. The van der Waals surface area contributed by atoms with Gasteiger partial charge in [-0.2, -0.15) is 0 Å². The molecule has 0 saturated carbocycles. The smallest absolute Gasteiger partial charge is 0.430 e. The molecule has 0 aliphatic carbocycles. The van der Waals surface area contributed by atoms with E-state index in [-0.39, 0.29) is 12.2 Å². The highest BCUT2D eigenvalue weighted by Gasteiger charge is 2.51. The predicted octanol–water partition coefficient (Wildman–Crippen LogP) is 4.84. The average molecular weight is 527 g/mol. The molecule has 3 atom stereocenters. The van der Waals surface area contributed by atoms with Crippen molar-refractivity contribution in [3.8, 4) is 0 Å². The van der Waals surface area contributed by atoms with E-state index in [9.17, 15) is 18.6 Å². The Hall–Kier alpha value is -2.07. The number of hydrogen-bond donors (Lipinski definition) is 1. The number of ether oxygens (including phenoxy) is 2. The first-order chi connectivity index (χ1) is 16.2. The Kier molecular flexibility index (Phi) is 9.81. The first kappa shape index (κ1) is 29.2. The van der Waals surface area contributed by atoms with Crippen LogP contribution in [0.2, 0.25) is 0 Å². The quantitative estimate of drug-likeness (QED) is 0.530. The average Bonchev–Trinajstić information content (AvgIpc) is 2.74. The minimum atomic E-state index is -1.43. The van der Waals surface area contributed by atoms with E-state index >= 15 is 0 Å². The summed E-state index contributed by atoms with van der Waals surface area (Å²) in [4.78, 5) is 40.3. The van der Waals surface area contributed by atoms with Gasteiger partial charge in [-0.1, -0.05) is 37.3 Å². The number of rotatable bonds is 6. The van der Waals surface area contributed by atoms with E-state index in [4.69, 9.17) is 9.47 Å². The molecule has 1 aliphatic heterocycles. The number of carbonyl (C=O) groups excluding carboxylic acids is 3. The minimum Gasteiger partial charge on any atom is -0.443 e. The normalized spacial score (nSPS) is 21.5. The summed E-state index contributed by atoms with van der Waals surface area (Å²) in [5, 5.41) is 0.915. The van der Waals surface area contributed by atoms with Crippen LogP contribution in [0, 0.1) is 0 Å². The molecule has 10 heteroatoms. The largest absolute Gasteiger partial charge is 0.443 e. The number of carbonyl (C=O) groups is 3. The van der Waals surface area contributed by atoms with E-state index in [0.717, 1.165) is 17.0 Å². The lowest BCUT2D eigenvalue weighted by molar-refractivity contribution is -0.125. The van der Waals surface area contributed by atoms with Crippen molar-refractivity contribution in [3.63, 3.8) is 0 Å². The number of hydrogen-bond acceptors (Lipinski definition) is 7. The Morgan fingerprint density at radius 2 is 1.69 bits per heavy atom. The van der Waals surface area contributed by atoms with E-state index in [1.54, 1.807) is 41.5 Å². The van der Waals surface area contributed by atoms with Crippen molar-refractivity contribution in [3.05, 3.63) is 35.9 Å². The summed E-state index contributed by atoms with van der Waals surface area (Å²) in [5.41, 5.74) is 1.54. The van der Waals surface area contributed by atoms with Crippen LogP contribution in [0.4, 0.5) is 9.59 Å². The molecular weight excluding hydrogens is 488 g/mol. The van der Waals surface area contributed by atoms with Gasteiger partial charge in [0.1, 0.15) is 17.2 Å². The molecule has 196 valence electrons. The second kappa shape index (κ2) is 11.8. The molecule has 0 radical (unpaired) electrons. The number of thioether (sulfide) groups is 1. The fourth-order valence-corrected chi connectivity index (χ4v) is 7.36. The first-order valence-electron chi connectivity index (χ1n) is 11.8. The second-order valence-electron chi connectivity index (χ2n) is 10.4. The third-order valence-electron chi connectivity index (χ3n) is 5.10. The number of Topliss-reactive ketones (excluding diaryl/α,β-unsaturated/α-hetero) is 1. The number of amides is 2. The van der Waals surface area contributed by atoms with Crippen molar-refractivity contribution in [2.45, 2.75) is 89.1 Å². The summed E-state index contributed by atoms with van der Waals surface area (Å²) in [5.74, 6) is 0.722. The zero-order valence-corrected chi connectivity index (χ0v) is 23.3. The van der Waals surface area contributed by atoms with Gasteiger partial charge in [0.05, 0.1) is 0 Å². The van der Waals surface area contributed by atoms with Gasteiger partial charge in [-0.15, -0.1) is 11.8 Å². The number of nitrogens with zero attached hydrogens (tertiary/aromatic N) is 1. The van der Waals surface area contributed by atoms with E-state index in [0.29, 0.717) is 17.9 Å². The Morgan fingerprint density at radius 1 is 1.09 bits per heavy atom. The second-order valence-corrected chi connectivity index (χ2v) is 13.8. The molecule has 35 heavy (non-hydrogen) atoms. The molecule has 1 unspecified atom stereocenters. The van der Waals surface area contributed by atoms with Crippen molar-refractivity contribution in [2.24, 2.45) is 0 Å². The van der Waals surface area contributed by atoms with Gasteiger partial charge in [0.2, 0.25) is 0 Å². The highest BCUT2D eigenvalue weighted by Crippen LogP contribution is 2.40. The molecule has 0 aromatic heterocycles. The van der Waals surface area contributed by atoms with Gasteiger partial charge < -0.3 is 9.47 Å². The predicted molar refractivity (Wildman–Crippen MR) is 139 cm³/mol. The van der Waals surface area contributed by atoms with Crippen molar-refractivity contribution >= 4 is 40.5 Å². The Morgan fingerprint density at radius 3 is 2.20 bits per heavy atom. The Labute approximate surface area is 215 Å². The summed E-state index contributed by atoms with van der Waals surface area (Å²) in [6.07, 6.45) is -0.591. The summed E-state index contributed by atoms with van der Waals surface area (Å²) in [7, 11) is -1.43. The maximum Gasteiger partial charge on any atom is 0.430 e. The van der Waals surface area contributed by atoms with Crippen LogP contribution in [0.15, 0.2) is 30.3 Å². The van der Waals surface area contributed by atoms with Crippen LogP contribution in [0.5, 0.6) is 0 Å². The maximum atomic E-state index is 14.2. The molecule has 1 saturated heterocycles. The van der Waals surface area contributed by atoms with Crippen LogP contribution in [0.3, 0.4) is 0 Å². The highest BCUT2D eigenvalue weighted by atomic mass is 32.2. The molecule has 1 N–H and O–H groups in total. The number of ketones is 1. The van der Waals surface area contributed by atoms with Gasteiger partial charge in [0.15, 0.2) is 9.86 Å². The number of nitrogens with one attached hydrogen (secondary N) is 1. The molecule has 0 bridgehead atoms. The van der Waals surface area contributed by atoms with Crippen LogP contribution < -0.4 is 5.43 Å². The van der Waals surface area contributed by atoms with Gasteiger partial charge in [-0.25, -0.2) is 20.0 Å². The fraction of sp³-hybridized carbons (Fsp3) is 0.640. The Balaban J connectivity index is 2.56. The molecule has 1 fully saturated rings. The van der Waals surface area contributed by atoms with Crippen LogP contribution in [0.25, 0.3) is 0 Å². The molecular formula is C25H38N2O6S2. The summed E-state index contributed by atoms with van der Waals surface area (Å²) < 4.78 is 22.9. The topological polar surface area (TPSA) is 102 Å². The minimum absolute atomic E-state index is 0.105. The lowest BCUT2D eigenvalue weighted by atomic mass is 9.98. The standard InChI is InChI=1S/C25H38N2O6S2/c1-8-25(34-15-12-16-35(25)31)20(28)19(17-18-13-10-9-11-14-18)27(22(30)33-24(5,6)7)26-21(29)32-23(2,3)4/h9-11,13-14,19H,8,12,15-17H2,1-7H3,(H,26,29)/t19-,25+,35?/m0/s1. The van der Waals surface area contributed by atoms with Gasteiger partial charge in [0, 0.05) is 23.0 Å². The van der Waals surface area contributed by atoms with Crippen LogP contribution in [-0.2, 0) is 31.5 Å². The van der Waals surface area contributed by atoms with Crippen LogP contribution in [-0.4, -0.2) is 60.0 Å². The summed E-state index contributed by atoms with van der Waals surface area (Å²) in [6, 6.07) is 8.03. The van der Waals surface area contributed by atoms with Gasteiger partial charge >= 0.3 is 12.2 Å². The van der Waals surface area contributed by atoms with Gasteiger partial charge in [-0.3, -0.25) is 9.00 Å². The van der Waals surface area contributed by atoms with Crippen molar-refractivity contribution < 1.29 is 28.1 Å². The van der Waals surface area contributed by atoms with Gasteiger partial charge in [0.25, 0.3) is 0 Å². The molecule has 2 amide bonds. The Bertz CT molecular complexity index is 926. The SMILES string of the molecule is CC[C@@]1(C(=O)[C@H](Cc2ccccc2)N(NC(=O)OC(C)(C)C)C(=O)OC(C)(C)C)SCCCS1=O. The maximum absolute atomic E-state index is 14.2. The van der Waals surface area contributed by atoms with E-state index in [2.05, 4.69) is 5.43 Å². The molecule has 1 aromatic carbocycles. The van der Waals surface area contributed by atoms with Crippen LogP contribution in [0.1, 0.15) is 66.9 Å². The lowest BCUT2D eigenvalue weighted by Crippen LogP contribution is -2.62. The van der Waals surface area contributed by atoms with E-state index in [1.807, 2.05) is 37.3 Å². The van der Waals surface area contributed by atoms with Crippen LogP contribution >= 0.6 is 11.8 Å². The summed E-state index contributed by atoms with van der Waals surface area (Å²) >= 11 is 1.36. The van der Waals surface area contributed by atoms with Crippen molar-refractivity contribution in [1.82, 2.24) is 10.4 Å². The van der Waals surface area contributed by atoms with Crippen molar-refractivity contribution in [2.75, 3.05) is 11.5 Å². The zero-order chi connectivity index (χ0) is 26.4.